The van der Waals surface area contributed by atoms with Crippen LogP contribution in [-0.4, -0.2) is 27.8 Å². The second-order valence-electron chi connectivity index (χ2n) is 18.0. The minimum absolute atomic E-state index is 0. The Bertz CT molecular complexity index is 3420. The van der Waals surface area contributed by atoms with Crippen molar-refractivity contribution in [3.8, 4) is 50.6 Å². The minimum atomic E-state index is -1.86. The molecular weight excluding hydrogens is 1050 g/mol. The van der Waals surface area contributed by atoms with Crippen LogP contribution < -0.4 is 4.40 Å². The fourth-order valence-electron chi connectivity index (χ4n) is 8.91. The van der Waals surface area contributed by atoms with Gasteiger partial charge in [0.25, 0.3) is 0 Å². The fourth-order valence-corrected chi connectivity index (χ4v) is 13.3. The summed E-state index contributed by atoms with van der Waals surface area (Å²) < 4.78 is 6.40. The molecule has 1 radical (unpaired) electrons. The molecular formula is C59H49GeIrN3S-2. The van der Waals surface area contributed by atoms with Crippen LogP contribution in [-0.2, 0) is 26.5 Å². The van der Waals surface area contributed by atoms with Gasteiger partial charge in [0, 0.05) is 41.4 Å². The molecule has 0 aliphatic heterocycles. The van der Waals surface area contributed by atoms with Gasteiger partial charge in [-0.15, -0.1) is 23.8 Å². The zero-order valence-electron chi connectivity index (χ0n) is 37.3. The van der Waals surface area contributed by atoms with Crippen LogP contribution in [0.2, 0.25) is 17.3 Å². The molecule has 6 heteroatoms. The van der Waals surface area contributed by atoms with Gasteiger partial charge in [0.15, 0.2) is 0 Å². The topological polar surface area (TPSA) is 30.7 Å². The Hall–Kier alpha value is -5.95. The molecule has 0 saturated carbocycles. The van der Waals surface area contributed by atoms with Crippen molar-refractivity contribution in [3.05, 3.63) is 206 Å². The first kappa shape index (κ1) is 44.3. The van der Waals surface area contributed by atoms with Crippen LogP contribution in [0.4, 0.5) is 0 Å². The van der Waals surface area contributed by atoms with Crippen LogP contribution in [0.3, 0.4) is 0 Å². The minimum Gasteiger partial charge on any atom is -0.333 e. The van der Waals surface area contributed by atoms with Crippen molar-refractivity contribution in [1.29, 1.82) is 0 Å². The summed E-state index contributed by atoms with van der Waals surface area (Å²) in [7, 11) is 0. The van der Waals surface area contributed by atoms with Gasteiger partial charge in [-0.3, -0.25) is 4.98 Å². The Kier molecular flexibility index (Phi) is 12.9. The van der Waals surface area contributed by atoms with Gasteiger partial charge in [0.2, 0.25) is 0 Å². The molecule has 0 bridgehead atoms. The van der Waals surface area contributed by atoms with E-state index >= 15 is 0 Å². The molecule has 0 unspecified atom stereocenters. The van der Waals surface area contributed by atoms with Crippen molar-refractivity contribution in [2.75, 3.05) is 0 Å². The third kappa shape index (κ3) is 9.04. The van der Waals surface area contributed by atoms with Gasteiger partial charge in [-0.1, -0.05) is 121 Å². The van der Waals surface area contributed by atoms with Crippen LogP contribution >= 0.6 is 11.3 Å². The van der Waals surface area contributed by atoms with E-state index in [-0.39, 0.29) is 20.1 Å². The van der Waals surface area contributed by atoms with Gasteiger partial charge in [0.05, 0.1) is 16.9 Å². The Balaban J connectivity index is 0.000000215. The van der Waals surface area contributed by atoms with Crippen molar-refractivity contribution in [3.63, 3.8) is 0 Å². The van der Waals surface area contributed by atoms with Crippen LogP contribution in [0.5, 0.6) is 0 Å². The smallest absolute Gasteiger partial charge is 0.0852 e. The summed E-state index contributed by atoms with van der Waals surface area (Å²) in [6.45, 7) is 4.57. The number of nitrogens with zero attached hydrogens (tertiary/aromatic N) is 3. The second kappa shape index (κ2) is 18.9. The number of aromatic nitrogens is 3. The monoisotopic (exact) mass is 1100 g/mol. The SMILES string of the molecule is CC(C)Cc1cc(-c2[c-]cccc2)nc[c]1[Ge]([CH3])([CH3])[CH3].[Ir].[c-]1cc2sc3ccccc3c2cc1-c1nc2c3ccccc3ccc2n1-c1ccc(-c2ccccc2)cc1-c1ccccc1. The third-order valence-corrected chi connectivity index (χ3v) is 17.4. The van der Waals surface area contributed by atoms with Crippen LogP contribution in [0.1, 0.15) is 19.4 Å². The number of benzene rings is 8. The quantitative estimate of drug-likeness (QED) is 0.112. The normalized spacial score (nSPS) is 11.5. The Labute approximate surface area is 402 Å². The van der Waals surface area contributed by atoms with E-state index < -0.39 is 13.3 Å². The van der Waals surface area contributed by atoms with Gasteiger partial charge in [-0.05, 0) is 56.4 Å². The molecule has 0 N–H and O–H groups in total. The second-order valence-corrected chi connectivity index (χ2v) is 29.6. The maximum atomic E-state index is 5.41. The van der Waals surface area contributed by atoms with Gasteiger partial charge in [0.1, 0.15) is 0 Å². The van der Waals surface area contributed by atoms with E-state index in [1.54, 1.807) is 4.40 Å². The molecule has 11 rings (SSSR count). The van der Waals surface area contributed by atoms with E-state index in [4.69, 9.17) is 9.97 Å². The van der Waals surface area contributed by atoms with Gasteiger partial charge < -0.3 is 4.57 Å². The molecule has 321 valence electrons. The number of rotatable bonds is 8. The maximum Gasteiger partial charge on any atom is 0.0852 e. The average Bonchev–Trinajstić information content (AvgIpc) is 3.91. The standard InChI is InChI=1S/C41H25N2S.C18H24GeN.Ir/c1-3-11-27(12-4-1)30-20-22-36(34(25-30)28-13-5-2-6-14-28)43-37-23-19-29-15-7-8-16-32(29)40(37)42-41(43)31-21-24-39-35(26-31)33-17-9-10-18-38(33)44-39;1-14(2)11-16-12-18(15-9-7-6-8-10-15)20-13-17(16)19(3,4)5;/h1-20,22-26H;6-9,12-14H,11H2,1-5H3;/q2*-1;. The maximum absolute atomic E-state index is 5.41. The largest absolute Gasteiger partial charge is 0.333 e. The summed E-state index contributed by atoms with van der Waals surface area (Å²) in [4.78, 5) is 10.1. The van der Waals surface area contributed by atoms with Crippen molar-refractivity contribution in [2.24, 2.45) is 5.92 Å². The molecule has 0 fully saturated rings. The summed E-state index contributed by atoms with van der Waals surface area (Å²) in [5.41, 5.74) is 12.5. The summed E-state index contributed by atoms with van der Waals surface area (Å²) in [6, 6.07) is 71.3. The van der Waals surface area contributed by atoms with E-state index in [2.05, 4.69) is 218 Å². The van der Waals surface area contributed by atoms with E-state index in [9.17, 15) is 0 Å². The molecule has 0 saturated heterocycles. The Morgan fingerprint density at radius 2 is 1.32 bits per heavy atom. The van der Waals surface area contributed by atoms with Crippen LogP contribution in [0, 0.1) is 18.1 Å². The van der Waals surface area contributed by atoms with Crippen molar-refractivity contribution < 1.29 is 20.1 Å². The number of thiophene rings is 1. The zero-order chi connectivity index (χ0) is 43.8. The molecule has 65 heavy (non-hydrogen) atoms. The third-order valence-electron chi connectivity index (χ3n) is 11.9. The predicted molar refractivity (Wildman–Crippen MR) is 277 cm³/mol. The van der Waals surface area contributed by atoms with Crippen molar-refractivity contribution in [2.45, 2.75) is 37.5 Å². The van der Waals surface area contributed by atoms with Gasteiger partial charge >= 0.3 is 126 Å². The van der Waals surface area contributed by atoms with Crippen molar-refractivity contribution >= 4 is 71.0 Å². The summed E-state index contributed by atoms with van der Waals surface area (Å²) in [6.07, 6.45) is 3.27. The predicted octanol–water partition coefficient (Wildman–Crippen LogP) is 15.6. The molecule has 0 aliphatic carbocycles. The Morgan fingerprint density at radius 1 is 0.615 bits per heavy atom. The number of hydrogen-bond donors (Lipinski definition) is 0. The number of hydrogen-bond acceptors (Lipinski definition) is 3. The molecule has 11 aromatic rings. The average molecular weight is 1100 g/mol. The zero-order valence-corrected chi connectivity index (χ0v) is 42.6. The number of pyridine rings is 1. The van der Waals surface area contributed by atoms with E-state index in [1.807, 2.05) is 29.5 Å². The number of fused-ring (bicyclic) bond motifs is 6. The van der Waals surface area contributed by atoms with Gasteiger partial charge in [-0.25, -0.2) is 0 Å². The first-order valence-electron chi connectivity index (χ1n) is 22.1. The molecule has 8 aromatic carbocycles. The summed E-state index contributed by atoms with van der Waals surface area (Å²) in [5.74, 6) is 8.88. The van der Waals surface area contributed by atoms with Crippen molar-refractivity contribution in [1.82, 2.24) is 14.5 Å². The number of imidazole rings is 1. The molecule has 0 atom stereocenters. The van der Waals surface area contributed by atoms with Crippen LogP contribution in [0.25, 0.3) is 92.6 Å². The fraction of sp³-hybridized carbons (Fsp3) is 0.119. The Morgan fingerprint density at radius 3 is 2.06 bits per heavy atom. The molecule has 3 nitrogen and oxygen atoms in total. The van der Waals surface area contributed by atoms with E-state index in [0.29, 0.717) is 5.92 Å². The molecule has 0 spiro atoms. The van der Waals surface area contributed by atoms with E-state index in [0.717, 1.165) is 62.3 Å². The summed E-state index contributed by atoms with van der Waals surface area (Å²) >= 11 is -0.0442. The first-order valence-corrected chi connectivity index (χ1v) is 30.3. The molecule has 0 aliphatic rings. The molecule has 3 aromatic heterocycles. The summed E-state index contributed by atoms with van der Waals surface area (Å²) in [5, 5.41) is 4.84. The van der Waals surface area contributed by atoms with E-state index in [1.165, 1.54) is 42.2 Å². The first-order chi connectivity index (χ1) is 31.2. The molecule has 0 amide bonds. The van der Waals surface area contributed by atoms with Gasteiger partial charge in [-0.2, -0.15) is 11.3 Å². The molecule has 3 heterocycles. The van der Waals surface area contributed by atoms with Crippen LogP contribution in [0.15, 0.2) is 188 Å².